The summed E-state index contributed by atoms with van der Waals surface area (Å²) < 4.78 is 40.7. The highest BCUT2D eigenvalue weighted by Gasteiger charge is 2.23. The van der Waals surface area contributed by atoms with E-state index in [2.05, 4.69) is 5.32 Å². The molecule has 1 unspecified atom stereocenters. The van der Waals surface area contributed by atoms with Crippen molar-refractivity contribution in [3.63, 3.8) is 0 Å². The van der Waals surface area contributed by atoms with Crippen molar-refractivity contribution >= 4 is 37.2 Å². The smallest absolute Gasteiger partial charge is 0.431 e. The van der Waals surface area contributed by atoms with Crippen LogP contribution in [-0.4, -0.2) is 52.4 Å². The van der Waals surface area contributed by atoms with Crippen LogP contribution in [0.15, 0.2) is 42.5 Å². The van der Waals surface area contributed by atoms with E-state index in [9.17, 15) is 23.3 Å². The number of amides is 1. The molecule has 208 valence electrons. The number of hydrogen-bond acceptors (Lipinski definition) is 7. The minimum absolute atomic E-state index is 0.00583. The van der Waals surface area contributed by atoms with Crippen LogP contribution in [0, 0.1) is 5.82 Å². The van der Waals surface area contributed by atoms with Crippen LogP contribution < -0.4 is 5.32 Å². The molecule has 0 bridgehead atoms. The Balaban J connectivity index is 2.13. The van der Waals surface area contributed by atoms with E-state index in [1.165, 1.54) is 19.1 Å². The Kier molecular flexibility index (Phi) is 11.7. The fourth-order valence-electron chi connectivity index (χ4n) is 3.40. The molecule has 0 fully saturated rings. The van der Waals surface area contributed by atoms with Gasteiger partial charge in [0.25, 0.3) is 0 Å². The van der Waals surface area contributed by atoms with Gasteiger partial charge in [0.1, 0.15) is 5.82 Å². The van der Waals surface area contributed by atoms with E-state index in [1.807, 2.05) is 0 Å². The second kappa shape index (κ2) is 14.2. The van der Waals surface area contributed by atoms with Crippen LogP contribution in [0.2, 0.25) is 5.02 Å². The fourth-order valence-corrected chi connectivity index (χ4v) is 4.08. The van der Waals surface area contributed by atoms with Gasteiger partial charge >= 0.3 is 19.7 Å². The second-order valence-corrected chi connectivity index (χ2v) is 10.9. The van der Waals surface area contributed by atoms with Crippen molar-refractivity contribution in [1.82, 2.24) is 5.32 Å². The number of rotatable bonds is 12. The molecule has 2 atom stereocenters. The molecule has 3 N–H and O–H groups in total. The first-order valence-electron chi connectivity index (χ1n) is 11.7. The van der Waals surface area contributed by atoms with Gasteiger partial charge in [-0.05, 0) is 49.6 Å². The molecule has 2 rings (SSSR count). The highest BCUT2D eigenvalue weighted by Crippen LogP contribution is 2.34. The largest absolute Gasteiger partial charge is 0.511 e. The molecular weight excluding hydrogens is 544 g/mol. The monoisotopic (exact) mass is 573 g/mol. The van der Waals surface area contributed by atoms with E-state index in [0.29, 0.717) is 21.7 Å². The summed E-state index contributed by atoms with van der Waals surface area (Å²) in [7, 11) is -4.42. The number of halogens is 2. The molecule has 1 amide bonds. The molecule has 0 saturated heterocycles. The Bertz CT molecular complexity index is 1190. The average Bonchev–Trinajstić information content (AvgIpc) is 2.76. The van der Waals surface area contributed by atoms with Crippen LogP contribution in [0.25, 0.3) is 11.1 Å². The lowest BCUT2D eigenvalue weighted by Crippen LogP contribution is -2.39. The Morgan fingerprint density at radius 2 is 1.76 bits per heavy atom. The minimum Gasteiger partial charge on any atom is -0.431 e. The third-order valence-electron chi connectivity index (χ3n) is 4.95. The van der Waals surface area contributed by atoms with Crippen molar-refractivity contribution < 1.29 is 47.3 Å². The van der Waals surface area contributed by atoms with Crippen LogP contribution in [-0.2, 0) is 34.8 Å². The molecular formula is C25H30ClFNO9P. The molecule has 0 heterocycles. The molecule has 0 aliphatic carbocycles. The van der Waals surface area contributed by atoms with E-state index in [0.717, 1.165) is 0 Å². The highest BCUT2D eigenvalue weighted by molar-refractivity contribution is 7.51. The van der Waals surface area contributed by atoms with Gasteiger partial charge in [0.2, 0.25) is 12.2 Å². The van der Waals surface area contributed by atoms with Crippen LogP contribution >= 0.6 is 19.2 Å². The number of nitrogens with one attached hydrogen (secondary N) is 1. The van der Waals surface area contributed by atoms with E-state index >= 15 is 0 Å². The Morgan fingerprint density at radius 1 is 1.05 bits per heavy atom. The predicted octanol–water partition coefficient (Wildman–Crippen LogP) is 4.58. The molecule has 0 aliphatic rings. The molecule has 0 aromatic heterocycles. The first-order valence-corrected chi connectivity index (χ1v) is 13.8. The summed E-state index contributed by atoms with van der Waals surface area (Å²) in [6.45, 7) is 4.53. The van der Waals surface area contributed by atoms with Gasteiger partial charge in [-0.25, -0.2) is 9.18 Å². The maximum atomic E-state index is 14.9. The number of carbonyl (C=O) groups excluding carboxylic acids is 3. The molecule has 10 nitrogen and oxygen atoms in total. The maximum absolute atomic E-state index is 14.9. The van der Waals surface area contributed by atoms with Crippen molar-refractivity contribution in [2.24, 2.45) is 0 Å². The summed E-state index contributed by atoms with van der Waals surface area (Å²) in [5.41, 5.74) is 1.31. The van der Waals surface area contributed by atoms with Gasteiger partial charge in [0.05, 0.1) is 18.7 Å². The number of carbonyl (C=O) groups is 3. The Hall–Kier alpha value is -2.98. The Labute approximate surface area is 224 Å². The van der Waals surface area contributed by atoms with E-state index in [-0.39, 0.29) is 6.42 Å². The SMILES string of the molecule is CC(C)OC(=O)OC(C)OC(=O)C[C@@H](Cc1ccc(-c2cccc(Cl)c2)c(F)c1)NC(=O)CCP(=O)(O)O. The summed E-state index contributed by atoms with van der Waals surface area (Å²) in [5, 5.41) is 2.97. The maximum Gasteiger partial charge on any atom is 0.511 e. The number of ether oxygens (including phenoxy) is 3. The van der Waals surface area contributed by atoms with Crippen molar-refractivity contribution in [2.45, 2.75) is 58.5 Å². The fraction of sp³-hybridized carbons (Fsp3) is 0.400. The molecule has 0 radical (unpaired) electrons. The summed E-state index contributed by atoms with van der Waals surface area (Å²) in [6.07, 6.45) is -4.32. The molecule has 13 heteroatoms. The molecule has 0 spiro atoms. The minimum atomic E-state index is -4.42. The molecule has 0 aliphatic heterocycles. The number of hydrogen-bond donors (Lipinski definition) is 3. The van der Waals surface area contributed by atoms with E-state index in [4.69, 9.17) is 35.6 Å². The van der Waals surface area contributed by atoms with Gasteiger partial charge in [-0.1, -0.05) is 35.9 Å². The van der Waals surface area contributed by atoms with Crippen molar-refractivity contribution in [1.29, 1.82) is 0 Å². The average molecular weight is 574 g/mol. The van der Waals surface area contributed by atoms with E-state index < -0.39 is 68.9 Å². The first kappa shape index (κ1) is 31.2. The predicted molar refractivity (Wildman–Crippen MR) is 137 cm³/mol. The van der Waals surface area contributed by atoms with Crippen molar-refractivity contribution in [3.05, 3.63) is 58.9 Å². The van der Waals surface area contributed by atoms with Crippen LogP contribution in [0.5, 0.6) is 0 Å². The molecule has 2 aromatic carbocycles. The molecule has 38 heavy (non-hydrogen) atoms. The summed E-state index contributed by atoms with van der Waals surface area (Å²) in [5.74, 6) is -2.11. The van der Waals surface area contributed by atoms with Crippen LogP contribution in [0.4, 0.5) is 9.18 Å². The topological polar surface area (TPSA) is 148 Å². The lowest BCUT2D eigenvalue weighted by Gasteiger charge is -2.20. The zero-order valence-electron chi connectivity index (χ0n) is 21.1. The standard InChI is InChI=1S/C25H30ClFNO9P/c1-15(2)35-25(31)37-16(3)36-24(30)14-20(28-23(29)9-10-38(32,33)34)11-17-7-8-21(22(27)12-17)18-5-4-6-19(26)13-18/h4-8,12-13,15-16,20H,9-11,14H2,1-3H3,(H,28,29)(H2,32,33,34)/t16?,20-/m1/s1. The summed E-state index contributed by atoms with van der Waals surface area (Å²) >= 11 is 5.99. The molecule has 0 saturated carbocycles. The number of esters is 1. The van der Waals surface area contributed by atoms with Crippen LogP contribution in [0.3, 0.4) is 0 Å². The van der Waals surface area contributed by atoms with Gasteiger partial charge in [0.15, 0.2) is 0 Å². The normalized spacial score (nSPS) is 12.9. The van der Waals surface area contributed by atoms with Gasteiger partial charge in [-0.3, -0.25) is 14.2 Å². The zero-order chi connectivity index (χ0) is 28.5. The molecule has 2 aromatic rings. The third-order valence-corrected chi connectivity index (χ3v) is 5.99. The summed E-state index contributed by atoms with van der Waals surface area (Å²) in [6, 6.07) is 10.2. The zero-order valence-corrected chi connectivity index (χ0v) is 22.7. The van der Waals surface area contributed by atoms with Crippen molar-refractivity contribution in [2.75, 3.05) is 6.16 Å². The third kappa shape index (κ3) is 11.6. The van der Waals surface area contributed by atoms with E-state index in [1.54, 1.807) is 44.2 Å². The van der Waals surface area contributed by atoms with Crippen LogP contribution in [0.1, 0.15) is 39.2 Å². The summed E-state index contributed by atoms with van der Waals surface area (Å²) in [4.78, 5) is 54.4. The lowest BCUT2D eigenvalue weighted by molar-refractivity contribution is -0.169. The van der Waals surface area contributed by atoms with Crippen molar-refractivity contribution in [3.8, 4) is 11.1 Å². The Morgan fingerprint density at radius 3 is 2.37 bits per heavy atom. The van der Waals surface area contributed by atoms with Gasteiger partial charge < -0.3 is 29.3 Å². The highest BCUT2D eigenvalue weighted by atomic mass is 35.5. The van der Waals surface area contributed by atoms with Gasteiger partial charge in [-0.2, -0.15) is 0 Å². The first-order chi connectivity index (χ1) is 17.7. The number of benzene rings is 2. The van der Waals surface area contributed by atoms with Gasteiger partial charge in [-0.15, -0.1) is 0 Å². The lowest BCUT2D eigenvalue weighted by atomic mass is 9.98. The van der Waals surface area contributed by atoms with Gasteiger partial charge in [0, 0.05) is 30.0 Å². The second-order valence-electron chi connectivity index (χ2n) is 8.73. The quantitative estimate of drug-likeness (QED) is 0.188.